The highest BCUT2D eigenvalue weighted by Crippen LogP contribution is 2.19. The zero-order chi connectivity index (χ0) is 15.3. The molecule has 1 saturated heterocycles. The van der Waals surface area contributed by atoms with Crippen LogP contribution >= 0.6 is 11.3 Å². The van der Waals surface area contributed by atoms with Crippen molar-refractivity contribution in [2.45, 2.75) is 49.0 Å². The third-order valence-corrected chi connectivity index (χ3v) is 6.76. The lowest BCUT2D eigenvalue weighted by atomic mass is 9.99. The molecule has 1 aromatic rings. The van der Waals surface area contributed by atoms with Crippen LogP contribution in [0.3, 0.4) is 0 Å². The molecule has 0 spiro atoms. The minimum absolute atomic E-state index is 0.0627. The second-order valence-electron chi connectivity index (χ2n) is 5.49. The summed E-state index contributed by atoms with van der Waals surface area (Å²) in [6.45, 7) is 3.75. The van der Waals surface area contributed by atoms with E-state index in [2.05, 4.69) is 16.5 Å². The van der Waals surface area contributed by atoms with Crippen LogP contribution in [0.1, 0.15) is 32.6 Å². The van der Waals surface area contributed by atoms with E-state index in [0.29, 0.717) is 16.8 Å². The average Bonchev–Trinajstić information content (AvgIpc) is 3.01. The first kappa shape index (κ1) is 16.9. The van der Waals surface area contributed by atoms with Gasteiger partial charge in [0.2, 0.25) is 10.0 Å². The normalized spacial score (nSPS) is 22.3. The van der Waals surface area contributed by atoms with Gasteiger partial charge in [-0.1, -0.05) is 19.4 Å². The van der Waals surface area contributed by atoms with Gasteiger partial charge in [0.15, 0.2) is 0 Å². The summed E-state index contributed by atoms with van der Waals surface area (Å²) in [5, 5.41) is 11.8. The first-order chi connectivity index (χ1) is 10.0. The Bertz CT molecular complexity index is 516. The minimum atomic E-state index is -3.48. The highest BCUT2D eigenvalue weighted by atomic mass is 32.2. The van der Waals surface area contributed by atoms with Crippen molar-refractivity contribution in [3.05, 3.63) is 17.5 Å². The van der Waals surface area contributed by atoms with Crippen LogP contribution in [0.2, 0.25) is 0 Å². The number of aliphatic hydroxyl groups excluding tert-OH is 1. The SMILES string of the molecule is CC[C@H]1CCCCN1C[C@@H](O)CNS(=O)(=O)c1cccs1. The van der Waals surface area contributed by atoms with Crippen molar-refractivity contribution in [1.29, 1.82) is 0 Å². The Morgan fingerprint density at radius 3 is 3.00 bits per heavy atom. The molecule has 0 amide bonds. The molecule has 1 aliphatic heterocycles. The van der Waals surface area contributed by atoms with Crippen molar-refractivity contribution < 1.29 is 13.5 Å². The fourth-order valence-corrected chi connectivity index (χ4v) is 4.90. The number of hydrogen-bond acceptors (Lipinski definition) is 5. The standard InChI is InChI=1S/C14H24N2O3S2/c1-2-12-6-3-4-8-16(12)11-13(17)10-15-21(18,19)14-7-5-9-20-14/h5,7,9,12-13,15,17H,2-4,6,8,10-11H2,1H3/t12-,13-/m0/s1. The number of sulfonamides is 1. The van der Waals surface area contributed by atoms with Crippen LogP contribution in [0.15, 0.2) is 21.7 Å². The number of likely N-dealkylation sites (tertiary alicyclic amines) is 1. The number of aliphatic hydroxyl groups is 1. The highest BCUT2D eigenvalue weighted by Gasteiger charge is 2.24. The van der Waals surface area contributed by atoms with Crippen molar-refractivity contribution in [3.63, 3.8) is 0 Å². The molecule has 2 heterocycles. The van der Waals surface area contributed by atoms with E-state index in [4.69, 9.17) is 0 Å². The van der Waals surface area contributed by atoms with Gasteiger partial charge in [-0.25, -0.2) is 13.1 Å². The summed E-state index contributed by atoms with van der Waals surface area (Å²) in [4.78, 5) is 2.29. The van der Waals surface area contributed by atoms with Crippen molar-refractivity contribution in [3.8, 4) is 0 Å². The quantitative estimate of drug-likeness (QED) is 0.797. The van der Waals surface area contributed by atoms with Crippen LogP contribution < -0.4 is 4.72 Å². The van der Waals surface area contributed by atoms with Gasteiger partial charge in [0.25, 0.3) is 0 Å². The number of hydrogen-bond donors (Lipinski definition) is 2. The van der Waals surface area contributed by atoms with E-state index in [-0.39, 0.29) is 6.54 Å². The monoisotopic (exact) mass is 332 g/mol. The van der Waals surface area contributed by atoms with Crippen molar-refractivity contribution in [2.75, 3.05) is 19.6 Å². The van der Waals surface area contributed by atoms with Gasteiger partial charge in [-0.2, -0.15) is 0 Å². The predicted octanol–water partition coefficient (Wildman–Crippen LogP) is 1.65. The van der Waals surface area contributed by atoms with E-state index in [1.54, 1.807) is 17.5 Å². The van der Waals surface area contributed by atoms with Gasteiger partial charge < -0.3 is 5.11 Å². The van der Waals surface area contributed by atoms with Crippen LogP contribution in [-0.4, -0.2) is 50.2 Å². The Hall–Kier alpha value is -0.470. The van der Waals surface area contributed by atoms with Gasteiger partial charge in [-0.15, -0.1) is 11.3 Å². The molecule has 1 aromatic heterocycles. The van der Waals surface area contributed by atoms with Gasteiger partial charge in [-0.05, 0) is 37.3 Å². The van der Waals surface area contributed by atoms with E-state index >= 15 is 0 Å². The van der Waals surface area contributed by atoms with Crippen molar-refractivity contribution >= 4 is 21.4 Å². The third kappa shape index (κ3) is 4.75. The van der Waals surface area contributed by atoms with Gasteiger partial charge in [0.05, 0.1) is 6.10 Å². The fourth-order valence-electron chi connectivity index (χ4n) is 2.79. The lowest BCUT2D eigenvalue weighted by Gasteiger charge is -2.36. The Morgan fingerprint density at radius 1 is 1.52 bits per heavy atom. The lowest BCUT2D eigenvalue weighted by molar-refractivity contribution is 0.0683. The van der Waals surface area contributed by atoms with Gasteiger partial charge in [0.1, 0.15) is 4.21 Å². The molecule has 1 aliphatic rings. The molecule has 120 valence electrons. The maximum atomic E-state index is 12.0. The number of nitrogens with one attached hydrogen (secondary N) is 1. The number of β-amino-alcohol motifs (C(OH)–C–C–N with tert-alkyl or cyclic N) is 1. The molecule has 0 radical (unpaired) electrons. The highest BCUT2D eigenvalue weighted by molar-refractivity contribution is 7.91. The van der Waals surface area contributed by atoms with Gasteiger partial charge >= 0.3 is 0 Å². The molecule has 0 unspecified atom stereocenters. The van der Waals surface area contributed by atoms with Crippen LogP contribution in [0.4, 0.5) is 0 Å². The molecule has 2 rings (SSSR count). The van der Waals surface area contributed by atoms with E-state index < -0.39 is 16.1 Å². The number of rotatable bonds is 7. The van der Waals surface area contributed by atoms with Crippen LogP contribution in [-0.2, 0) is 10.0 Å². The number of nitrogens with zero attached hydrogens (tertiary/aromatic N) is 1. The number of piperidine rings is 1. The summed E-state index contributed by atoms with van der Waals surface area (Å²) in [5.74, 6) is 0. The fraction of sp³-hybridized carbons (Fsp3) is 0.714. The molecule has 2 atom stereocenters. The summed E-state index contributed by atoms with van der Waals surface area (Å²) >= 11 is 1.18. The molecular formula is C14H24N2O3S2. The summed E-state index contributed by atoms with van der Waals surface area (Å²) in [7, 11) is -3.48. The summed E-state index contributed by atoms with van der Waals surface area (Å²) < 4.78 is 26.8. The van der Waals surface area contributed by atoms with E-state index in [9.17, 15) is 13.5 Å². The van der Waals surface area contributed by atoms with E-state index in [1.807, 2.05) is 0 Å². The Morgan fingerprint density at radius 2 is 2.33 bits per heavy atom. The first-order valence-corrected chi connectivity index (χ1v) is 9.84. The second-order valence-corrected chi connectivity index (χ2v) is 8.43. The molecule has 1 fully saturated rings. The Labute approximate surface area is 131 Å². The van der Waals surface area contributed by atoms with Crippen LogP contribution in [0.5, 0.6) is 0 Å². The predicted molar refractivity (Wildman–Crippen MR) is 85.0 cm³/mol. The maximum absolute atomic E-state index is 12.0. The summed E-state index contributed by atoms with van der Waals surface area (Å²) in [6, 6.07) is 3.79. The molecule has 0 saturated carbocycles. The second kappa shape index (κ2) is 7.69. The van der Waals surface area contributed by atoms with Crippen molar-refractivity contribution in [1.82, 2.24) is 9.62 Å². The molecular weight excluding hydrogens is 308 g/mol. The third-order valence-electron chi connectivity index (χ3n) is 3.93. The molecule has 0 aromatic carbocycles. The van der Waals surface area contributed by atoms with Gasteiger partial charge in [0, 0.05) is 19.1 Å². The molecule has 5 nitrogen and oxygen atoms in total. The number of thiophene rings is 1. The molecule has 0 bridgehead atoms. The smallest absolute Gasteiger partial charge is 0.250 e. The van der Waals surface area contributed by atoms with Crippen LogP contribution in [0, 0.1) is 0 Å². The minimum Gasteiger partial charge on any atom is -0.390 e. The maximum Gasteiger partial charge on any atom is 0.250 e. The molecule has 2 N–H and O–H groups in total. The van der Waals surface area contributed by atoms with Crippen molar-refractivity contribution in [2.24, 2.45) is 0 Å². The zero-order valence-electron chi connectivity index (χ0n) is 12.4. The lowest BCUT2D eigenvalue weighted by Crippen LogP contribution is -2.46. The molecule has 21 heavy (non-hydrogen) atoms. The molecule has 0 aliphatic carbocycles. The Kier molecular flexibility index (Phi) is 6.19. The van der Waals surface area contributed by atoms with Gasteiger partial charge in [-0.3, -0.25) is 4.90 Å². The zero-order valence-corrected chi connectivity index (χ0v) is 14.0. The van der Waals surface area contributed by atoms with Crippen LogP contribution in [0.25, 0.3) is 0 Å². The first-order valence-electron chi connectivity index (χ1n) is 7.48. The average molecular weight is 332 g/mol. The summed E-state index contributed by atoms with van der Waals surface area (Å²) in [6.07, 6.45) is 3.98. The van der Waals surface area contributed by atoms with E-state index in [0.717, 1.165) is 19.4 Å². The van der Waals surface area contributed by atoms with E-state index in [1.165, 1.54) is 24.2 Å². The summed E-state index contributed by atoms with van der Waals surface area (Å²) in [5.41, 5.74) is 0. The topological polar surface area (TPSA) is 69.6 Å². The molecule has 7 heteroatoms. The largest absolute Gasteiger partial charge is 0.390 e. The Balaban J connectivity index is 1.83.